The molecule has 0 saturated carbocycles. The maximum atomic E-state index is 12.3. The summed E-state index contributed by atoms with van der Waals surface area (Å²) < 4.78 is 1.70. The molecule has 3 N–H and O–H groups in total. The topological polar surface area (TPSA) is 89.1 Å². The van der Waals surface area contributed by atoms with E-state index in [9.17, 15) is 4.79 Å². The number of amides is 1. The van der Waals surface area contributed by atoms with Crippen LogP contribution < -0.4 is 11.3 Å². The molecule has 0 spiro atoms. The molecule has 0 radical (unpaired) electrons. The number of carbonyl (C=O) groups is 1. The molecule has 0 unspecified atom stereocenters. The van der Waals surface area contributed by atoms with Crippen LogP contribution in [0.1, 0.15) is 15.9 Å². The SMILES string of the molecule is CN(Cc1cnn(C)c1)C(=O)c1cnccc1NN. The number of anilines is 1. The average Bonchev–Trinajstić information content (AvgIpc) is 2.83. The van der Waals surface area contributed by atoms with Gasteiger partial charge in [0.05, 0.1) is 17.4 Å². The summed E-state index contributed by atoms with van der Waals surface area (Å²) in [7, 11) is 3.56. The van der Waals surface area contributed by atoms with Gasteiger partial charge in [-0.15, -0.1) is 0 Å². The molecule has 0 aliphatic rings. The standard InChI is InChI=1S/C12H16N6O/c1-17(7-9-5-15-18(2)8-9)12(19)10-6-14-4-3-11(10)16-13/h3-6,8H,7,13H2,1-2H3,(H,14,16). The Morgan fingerprint density at radius 3 is 2.95 bits per heavy atom. The lowest BCUT2D eigenvalue weighted by atomic mass is 10.2. The molecule has 0 aliphatic carbocycles. The molecule has 100 valence electrons. The lowest BCUT2D eigenvalue weighted by molar-refractivity contribution is 0.0785. The molecule has 0 atom stereocenters. The van der Waals surface area contributed by atoms with Crippen molar-refractivity contribution in [1.82, 2.24) is 19.7 Å². The monoisotopic (exact) mass is 260 g/mol. The first kappa shape index (κ1) is 13.0. The number of hydrogen-bond donors (Lipinski definition) is 2. The van der Waals surface area contributed by atoms with Crippen LogP contribution in [0.2, 0.25) is 0 Å². The van der Waals surface area contributed by atoms with E-state index >= 15 is 0 Å². The molecular formula is C12H16N6O. The number of pyridine rings is 1. The molecule has 0 aromatic carbocycles. The predicted octanol–water partition coefficient (Wildman–Crippen LogP) is 0.373. The maximum absolute atomic E-state index is 12.3. The summed E-state index contributed by atoms with van der Waals surface area (Å²) in [6.07, 6.45) is 6.68. The van der Waals surface area contributed by atoms with Gasteiger partial charge in [0, 0.05) is 44.8 Å². The summed E-state index contributed by atoms with van der Waals surface area (Å²) in [6.45, 7) is 0.478. The van der Waals surface area contributed by atoms with E-state index in [1.807, 2.05) is 13.2 Å². The number of hydrogen-bond acceptors (Lipinski definition) is 5. The molecule has 2 aromatic heterocycles. The van der Waals surface area contributed by atoms with Crippen molar-refractivity contribution in [3.8, 4) is 0 Å². The van der Waals surface area contributed by atoms with Gasteiger partial charge in [-0.25, -0.2) is 0 Å². The molecule has 2 aromatic rings. The summed E-state index contributed by atoms with van der Waals surface area (Å²) in [5, 5.41) is 4.07. The van der Waals surface area contributed by atoms with Crippen LogP contribution in [0.4, 0.5) is 5.69 Å². The van der Waals surface area contributed by atoms with Crippen LogP contribution in [0.3, 0.4) is 0 Å². The predicted molar refractivity (Wildman–Crippen MR) is 71.1 cm³/mol. The molecule has 2 heterocycles. The highest BCUT2D eigenvalue weighted by molar-refractivity contribution is 5.99. The second-order valence-corrected chi connectivity index (χ2v) is 4.25. The molecule has 0 aliphatic heterocycles. The zero-order valence-corrected chi connectivity index (χ0v) is 10.9. The fourth-order valence-electron chi connectivity index (χ4n) is 1.80. The van der Waals surface area contributed by atoms with Crippen LogP contribution in [0.25, 0.3) is 0 Å². The van der Waals surface area contributed by atoms with Gasteiger partial charge in [-0.05, 0) is 6.07 Å². The first-order valence-corrected chi connectivity index (χ1v) is 5.75. The van der Waals surface area contributed by atoms with Gasteiger partial charge in [-0.2, -0.15) is 5.10 Å². The quantitative estimate of drug-likeness (QED) is 0.612. The van der Waals surface area contributed by atoms with Crippen LogP contribution in [0.5, 0.6) is 0 Å². The zero-order chi connectivity index (χ0) is 13.8. The van der Waals surface area contributed by atoms with Crippen LogP contribution in [0.15, 0.2) is 30.9 Å². The van der Waals surface area contributed by atoms with E-state index in [4.69, 9.17) is 5.84 Å². The van der Waals surface area contributed by atoms with Gasteiger partial charge in [0.15, 0.2) is 0 Å². The van der Waals surface area contributed by atoms with Crippen molar-refractivity contribution >= 4 is 11.6 Å². The number of aromatic nitrogens is 3. The lowest BCUT2D eigenvalue weighted by Crippen LogP contribution is -2.27. The third kappa shape index (κ3) is 2.89. The van der Waals surface area contributed by atoms with Crippen LogP contribution in [0, 0.1) is 0 Å². The summed E-state index contributed by atoms with van der Waals surface area (Å²) in [4.78, 5) is 17.8. The zero-order valence-electron chi connectivity index (χ0n) is 10.9. The Morgan fingerprint density at radius 1 is 1.53 bits per heavy atom. The number of rotatable bonds is 4. The normalized spacial score (nSPS) is 10.3. The fraction of sp³-hybridized carbons (Fsp3) is 0.250. The Morgan fingerprint density at radius 2 is 2.32 bits per heavy atom. The van der Waals surface area contributed by atoms with Gasteiger partial charge >= 0.3 is 0 Å². The number of nitrogen functional groups attached to an aromatic ring is 1. The second kappa shape index (κ2) is 5.49. The highest BCUT2D eigenvalue weighted by Gasteiger charge is 2.16. The van der Waals surface area contributed by atoms with Crippen molar-refractivity contribution in [2.75, 3.05) is 12.5 Å². The minimum Gasteiger partial charge on any atom is -0.337 e. The van der Waals surface area contributed by atoms with Crippen LogP contribution >= 0.6 is 0 Å². The Kier molecular flexibility index (Phi) is 3.76. The Bertz CT molecular complexity index is 579. The van der Waals surface area contributed by atoms with Crippen molar-refractivity contribution in [3.05, 3.63) is 42.0 Å². The van der Waals surface area contributed by atoms with E-state index in [1.54, 1.807) is 35.1 Å². The Balaban J connectivity index is 2.14. The molecule has 7 heteroatoms. The molecule has 0 bridgehead atoms. The average molecular weight is 260 g/mol. The highest BCUT2D eigenvalue weighted by atomic mass is 16.2. The molecule has 1 amide bonds. The minimum absolute atomic E-state index is 0.148. The number of hydrazine groups is 1. The molecule has 19 heavy (non-hydrogen) atoms. The van der Waals surface area contributed by atoms with Gasteiger partial charge in [0.25, 0.3) is 5.91 Å². The van der Waals surface area contributed by atoms with Crippen molar-refractivity contribution in [3.63, 3.8) is 0 Å². The number of carbonyl (C=O) groups excluding carboxylic acids is 1. The summed E-state index contributed by atoms with van der Waals surface area (Å²) in [6, 6.07) is 1.66. The summed E-state index contributed by atoms with van der Waals surface area (Å²) >= 11 is 0. The maximum Gasteiger partial charge on any atom is 0.257 e. The second-order valence-electron chi connectivity index (χ2n) is 4.25. The van der Waals surface area contributed by atoms with Crippen molar-refractivity contribution in [2.24, 2.45) is 12.9 Å². The van der Waals surface area contributed by atoms with Crippen LogP contribution in [-0.4, -0.2) is 32.6 Å². The van der Waals surface area contributed by atoms with Gasteiger partial charge in [-0.3, -0.25) is 20.3 Å². The smallest absolute Gasteiger partial charge is 0.257 e. The van der Waals surface area contributed by atoms with Crippen molar-refractivity contribution in [1.29, 1.82) is 0 Å². The lowest BCUT2D eigenvalue weighted by Gasteiger charge is -2.17. The van der Waals surface area contributed by atoms with Crippen LogP contribution in [-0.2, 0) is 13.6 Å². The first-order valence-electron chi connectivity index (χ1n) is 5.75. The van der Waals surface area contributed by atoms with E-state index in [-0.39, 0.29) is 5.91 Å². The molecule has 2 rings (SSSR count). The number of aryl methyl sites for hydroxylation is 1. The molecular weight excluding hydrogens is 244 g/mol. The minimum atomic E-state index is -0.148. The molecule has 7 nitrogen and oxygen atoms in total. The Labute approximate surface area is 111 Å². The summed E-state index contributed by atoms with van der Waals surface area (Å²) in [5.74, 6) is 5.23. The number of nitrogens with one attached hydrogen (secondary N) is 1. The fourth-order valence-corrected chi connectivity index (χ4v) is 1.80. The van der Waals surface area contributed by atoms with Gasteiger partial charge in [-0.1, -0.05) is 0 Å². The Hall–Kier alpha value is -2.41. The highest BCUT2D eigenvalue weighted by Crippen LogP contribution is 2.15. The summed E-state index contributed by atoms with van der Waals surface area (Å²) in [5.41, 5.74) is 4.45. The first-order chi connectivity index (χ1) is 9.11. The van der Waals surface area contributed by atoms with Crippen molar-refractivity contribution in [2.45, 2.75) is 6.54 Å². The van der Waals surface area contributed by atoms with E-state index in [2.05, 4.69) is 15.5 Å². The largest absolute Gasteiger partial charge is 0.337 e. The van der Waals surface area contributed by atoms with E-state index < -0.39 is 0 Å². The van der Waals surface area contributed by atoms with Gasteiger partial charge in [0.1, 0.15) is 0 Å². The van der Waals surface area contributed by atoms with E-state index in [0.29, 0.717) is 17.8 Å². The number of nitrogens with two attached hydrogens (primary N) is 1. The third-order valence-corrected chi connectivity index (χ3v) is 2.73. The van der Waals surface area contributed by atoms with E-state index in [1.165, 1.54) is 6.20 Å². The third-order valence-electron chi connectivity index (χ3n) is 2.73. The van der Waals surface area contributed by atoms with Gasteiger partial charge < -0.3 is 10.3 Å². The molecule has 0 saturated heterocycles. The van der Waals surface area contributed by atoms with E-state index in [0.717, 1.165) is 5.56 Å². The number of nitrogens with zero attached hydrogens (tertiary/aromatic N) is 4. The van der Waals surface area contributed by atoms with Gasteiger partial charge in [0.2, 0.25) is 0 Å². The van der Waals surface area contributed by atoms with Crippen molar-refractivity contribution < 1.29 is 4.79 Å². The molecule has 0 fully saturated rings.